The highest BCUT2D eigenvalue weighted by Crippen LogP contribution is 2.21. The minimum Gasteiger partial charge on any atom is -0.493 e. The van der Waals surface area contributed by atoms with Gasteiger partial charge < -0.3 is 19.3 Å². The number of amides is 1. The molecule has 2 heterocycles. The number of anilines is 1. The van der Waals surface area contributed by atoms with Crippen LogP contribution in [0.15, 0.2) is 47.1 Å². The third kappa shape index (κ3) is 4.14. The Morgan fingerprint density at radius 1 is 1.26 bits per heavy atom. The SMILES string of the molecule is COc1cn(-c2ccccc2)nc1C(=O)O[C@@H](C)C(=O)Nc1cc(C)on1. The number of ether oxygens (including phenoxy) is 2. The van der Waals surface area contributed by atoms with Crippen LogP contribution in [-0.4, -0.2) is 40.0 Å². The lowest BCUT2D eigenvalue weighted by Crippen LogP contribution is -2.30. The number of carbonyl (C=O) groups excluding carboxylic acids is 2. The Labute approximate surface area is 154 Å². The zero-order chi connectivity index (χ0) is 19.4. The minimum atomic E-state index is -1.07. The van der Waals surface area contributed by atoms with E-state index in [-0.39, 0.29) is 17.3 Å². The number of nitrogens with one attached hydrogen (secondary N) is 1. The highest BCUT2D eigenvalue weighted by Gasteiger charge is 2.25. The number of benzene rings is 1. The summed E-state index contributed by atoms with van der Waals surface area (Å²) >= 11 is 0. The summed E-state index contributed by atoms with van der Waals surface area (Å²) in [7, 11) is 1.42. The molecule has 0 radical (unpaired) electrons. The van der Waals surface area contributed by atoms with Gasteiger partial charge in [0.1, 0.15) is 5.76 Å². The van der Waals surface area contributed by atoms with Crippen molar-refractivity contribution in [1.29, 1.82) is 0 Å². The molecule has 0 aliphatic carbocycles. The standard InChI is InChI=1S/C18H18N4O5/c1-11-9-15(21-27-11)19-17(23)12(2)26-18(24)16-14(25-3)10-22(20-16)13-7-5-4-6-8-13/h4-10,12H,1-3H3,(H,19,21,23)/t12-/m0/s1. The second-order valence-corrected chi connectivity index (χ2v) is 5.69. The molecule has 0 fully saturated rings. The molecule has 140 valence electrons. The number of methoxy groups -OCH3 is 1. The fourth-order valence-electron chi connectivity index (χ4n) is 2.28. The fraction of sp³-hybridized carbons (Fsp3) is 0.222. The van der Waals surface area contributed by atoms with Crippen molar-refractivity contribution in [3.05, 3.63) is 54.0 Å². The van der Waals surface area contributed by atoms with Gasteiger partial charge in [0.05, 0.1) is 19.0 Å². The second-order valence-electron chi connectivity index (χ2n) is 5.69. The van der Waals surface area contributed by atoms with Crippen molar-refractivity contribution in [2.45, 2.75) is 20.0 Å². The molecule has 1 amide bonds. The molecule has 0 bridgehead atoms. The van der Waals surface area contributed by atoms with Crippen LogP contribution in [0.1, 0.15) is 23.2 Å². The lowest BCUT2D eigenvalue weighted by Gasteiger charge is -2.11. The predicted molar refractivity (Wildman–Crippen MR) is 94.9 cm³/mol. The third-order valence-electron chi connectivity index (χ3n) is 3.65. The van der Waals surface area contributed by atoms with E-state index in [2.05, 4.69) is 15.6 Å². The minimum absolute atomic E-state index is 0.0294. The molecule has 9 heteroatoms. The van der Waals surface area contributed by atoms with Crippen LogP contribution in [0, 0.1) is 6.92 Å². The normalized spacial score (nSPS) is 11.7. The van der Waals surface area contributed by atoms with Gasteiger partial charge in [0, 0.05) is 6.07 Å². The van der Waals surface area contributed by atoms with E-state index < -0.39 is 18.0 Å². The van der Waals surface area contributed by atoms with Crippen molar-refractivity contribution in [2.24, 2.45) is 0 Å². The summed E-state index contributed by atoms with van der Waals surface area (Å²) in [6, 6.07) is 10.8. The van der Waals surface area contributed by atoms with Crippen LogP contribution in [0.5, 0.6) is 5.75 Å². The van der Waals surface area contributed by atoms with Gasteiger partial charge in [0.2, 0.25) is 5.69 Å². The number of aromatic nitrogens is 3. The molecule has 0 unspecified atom stereocenters. The Balaban J connectivity index is 1.71. The fourth-order valence-corrected chi connectivity index (χ4v) is 2.28. The van der Waals surface area contributed by atoms with Crippen LogP contribution in [0.25, 0.3) is 5.69 Å². The zero-order valence-electron chi connectivity index (χ0n) is 15.0. The van der Waals surface area contributed by atoms with E-state index >= 15 is 0 Å². The highest BCUT2D eigenvalue weighted by molar-refractivity contribution is 5.97. The number of hydrogen-bond donors (Lipinski definition) is 1. The van der Waals surface area contributed by atoms with Gasteiger partial charge >= 0.3 is 5.97 Å². The molecule has 27 heavy (non-hydrogen) atoms. The van der Waals surface area contributed by atoms with E-state index in [4.69, 9.17) is 14.0 Å². The molecule has 0 saturated heterocycles. The van der Waals surface area contributed by atoms with E-state index in [0.29, 0.717) is 5.76 Å². The summed E-state index contributed by atoms with van der Waals surface area (Å²) in [5.74, 6) is -0.292. The zero-order valence-corrected chi connectivity index (χ0v) is 15.0. The van der Waals surface area contributed by atoms with Crippen molar-refractivity contribution in [1.82, 2.24) is 14.9 Å². The van der Waals surface area contributed by atoms with Gasteiger partial charge in [-0.2, -0.15) is 5.10 Å². The Kier molecular flexibility index (Phi) is 5.20. The average molecular weight is 370 g/mol. The van der Waals surface area contributed by atoms with E-state index in [0.717, 1.165) is 5.69 Å². The number of para-hydroxylation sites is 1. The summed E-state index contributed by atoms with van der Waals surface area (Å²) < 4.78 is 16.8. The van der Waals surface area contributed by atoms with Crippen LogP contribution in [0.4, 0.5) is 5.82 Å². The maximum absolute atomic E-state index is 12.4. The lowest BCUT2D eigenvalue weighted by molar-refractivity contribution is -0.123. The first-order chi connectivity index (χ1) is 13.0. The van der Waals surface area contributed by atoms with Gasteiger partial charge in [-0.1, -0.05) is 23.4 Å². The first-order valence-electron chi connectivity index (χ1n) is 8.12. The predicted octanol–water partition coefficient (Wildman–Crippen LogP) is 2.36. The molecular formula is C18H18N4O5. The molecule has 0 saturated carbocycles. The Bertz CT molecular complexity index is 948. The highest BCUT2D eigenvalue weighted by atomic mass is 16.6. The Morgan fingerprint density at radius 3 is 2.63 bits per heavy atom. The number of aryl methyl sites for hydroxylation is 1. The first kappa shape index (κ1) is 18.2. The quantitative estimate of drug-likeness (QED) is 0.664. The van der Waals surface area contributed by atoms with Crippen LogP contribution < -0.4 is 10.1 Å². The van der Waals surface area contributed by atoms with Crippen molar-refractivity contribution in [2.75, 3.05) is 12.4 Å². The van der Waals surface area contributed by atoms with E-state index in [9.17, 15) is 9.59 Å². The maximum atomic E-state index is 12.4. The second kappa shape index (κ2) is 7.73. The van der Waals surface area contributed by atoms with Crippen molar-refractivity contribution < 1.29 is 23.6 Å². The van der Waals surface area contributed by atoms with E-state index in [1.165, 1.54) is 18.7 Å². The van der Waals surface area contributed by atoms with E-state index in [1.807, 2.05) is 30.3 Å². The number of esters is 1. The molecule has 0 aliphatic heterocycles. The Hall–Kier alpha value is -3.62. The average Bonchev–Trinajstić information content (AvgIpc) is 3.28. The number of carbonyl (C=O) groups is 2. The molecule has 1 aromatic carbocycles. The topological polar surface area (TPSA) is 108 Å². The molecule has 1 atom stereocenters. The molecule has 2 aromatic heterocycles. The molecule has 3 aromatic rings. The lowest BCUT2D eigenvalue weighted by atomic mass is 10.3. The largest absolute Gasteiger partial charge is 0.493 e. The molecule has 0 spiro atoms. The first-order valence-corrected chi connectivity index (χ1v) is 8.12. The summed E-state index contributed by atoms with van der Waals surface area (Å²) in [4.78, 5) is 24.6. The molecule has 9 nitrogen and oxygen atoms in total. The van der Waals surface area contributed by atoms with Crippen LogP contribution in [0.2, 0.25) is 0 Å². The summed E-state index contributed by atoms with van der Waals surface area (Å²) in [6.45, 7) is 3.14. The summed E-state index contributed by atoms with van der Waals surface area (Å²) in [5, 5.41) is 10.4. The van der Waals surface area contributed by atoms with Crippen molar-refractivity contribution in [3.63, 3.8) is 0 Å². The number of hydrogen-bond acceptors (Lipinski definition) is 7. The van der Waals surface area contributed by atoms with Gasteiger partial charge in [-0.15, -0.1) is 0 Å². The molecular weight excluding hydrogens is 352 g/mol. The van der Waals surface area contributed by atoms with Gasteiger partial charge in [-0.25, -0.2) is 9.48 Å². The van der Waals surface area contributed by atoms with Crippen molar-refractivity contribution in [3.8, 4) is 11.4 Å². The van der Waals surface area contributed by atoms with E-state index in [1.54, 1.807) is 19.2 Å². The Morgan fingerprint density at radius 2 is 2.00 bits per heavy atom. The van der Waals surface area contributed by atoms with Crippen LogP contribution >= 0.6 is 0 Å². The maximum Gasteiger partial charge on any atom is 0.363 e. The summed E-state index contributed by atoms with van der Waals surface area (Å²) in [5.41, 5.74) is 0.723. The van der Waals surface area contributed by atoms with Gasteiger partial charge in [0.25, 0.3) is 5.91 Å². The summed E-state index contributed by atoms with van der Waals surface area (Å²) in [6.07, 6.45) is 0.496. The van der Waals surface area contributed by atoms with Crippen LogP contribution in [-0.2, 0) is 9.53 Å². The molecule has 1 N–H and O–H groups in total. The molecule has 0 aliphatic rings. The van der Waals surface area contributed by atoms with Crippen LogP contribution in [0.3, 0.4) is 0 Å². The van der Waals surface area contributed by atoms with Gasteiger partial charge in [-0.05, 0) is 26.0 Å². The van der Waals surface area contributed by atoms with Gasteiger partial charge in [0.15, 0.2) is 17.7 Å². The third-order valence-corrected chi connectivity index (χ3v) is 3.65. The number of rotatable bonds is 6. The van der Waals surface area contributed by atoms with Crippen molar-refractivity contribution >= 4 is 17.7 Å². The molecule has 3 rings (SSSR count). The number of nitrogens with zero attached hydrogens (tertiary/aromatic N) is 3. The smallest absolute Gasteiger partial charge is 0.363 e. The monoisotopic (exact) mass is 370 g/mol. The van der Waals surface area contributed by atoms with Gasteiger partial charge in [-0.3, -0.25) is 4.79 Å².